The van der Waals surface area contributed by atoms with Gasteiger partial charge in [-0.3, -0.25) is 4.79 Å². The number of amides is 1. The highest BCUT2D eigenvalue weighted by atomic mass is 16.3. The Bertz CT molecular complexity index is 770. The van der Waals surface area contributed by atoms with Crippen molar-refractivity contribution in [3.8, 4) is 5.75 Å². The number of aromatic hydroxyl groups is 1. The van der Waals surface area contributed by atoms with Gasteiger partial charge < -0.3 is 15.1 Å². The first kappa shape index (κ1) is 16.3. The molecule has 0 saturated carbocycles. The summed E-state index contributed by atoms with van der Waals surface area (Å²) in [7, 11) is 0. The van der Waals surface area contributed by atoms with E-state index in [1.165, 1.54) is 6.07 Å². The minimum atomic E-state index is -1.27. The van der Waals surface area contributed by atoms with Crippen molar-refractivity contribution in [1.29, 1.82) is 0 Å². The van der Waals surface area contributed by atoms with Gasteiger partial charge in [0.25, 0.3) is 5.91 Å². The SMILES string of the molecule is C=CCC(C)(O)c1cc(C(=O)N2Cc3ccccc3C2)ccc1O. The average molecular weight is 323 g/mol. The molecule has 0 radical (unpaired) electrons. The molecule has 0 aliphatic carbocycles. The van der Waals surface area contributed by atoms with E-state index in [-0.39, 0.29) is 18.1 Å². The van der Waals surface area contributed by atoms with Crippen LogP contribution in [0.4, 0.5) is 0 Å². The van der Waals surface area contributed by atoms with Crippen LogP contribution in [-0.4, -0.2) is 21.0 Å². The minimum absolute atomic E-state index is 0.0249. The van der Waals surface area contributed by atoms with Crippen LogP contribution in [0.15, 0.2) is 55.1 Å². The number of nitrogens with zero attached hydrogens (tertiary/aromatic N) is 1. The number of hydrogen-bond acceptors (Lipinski definition) is 3. The number of aliphatic hydroxyl groups is 1. The van der Waals surface area contributed by atoms with Crippen molar-refractivity contribution < 1.29 is 15.0 Å². The maximum Gasteiger partial charge on any atom is 0.254 e. The van der Waals surface area contributed by atoms with Gasteiger partial charge in [0.1, 0.15) is 5.75 Å². The van der Waals surface area contributed by atoms with Crippen LogP contribution in [0.1, 0.15) is 40.4 Å². The van der Waals surface area contributed by atoms with E-state index in [1.54, 1.807) is 30.0 Å². The fourth-order valence-electron chi connectivity index (χ4n) is 3.15. The Morgan fingerprint density at radius 3 is 2.46 bits per heavy atom. The molecule has 124 valence electrons. The molecular formula is C20H21NO3. The van der Waals surface area contributed by atoms with Gasteiger partial charge in [-0.25, -0.2) is 0 Å². The maximum atomic E-state index is 12.8. The molecule has 3 rings (SSSR count). The molecule has 1 amide bonds. The summed E-state index contributed by atoms with van der Waals surface area (Å²) in [4.78, 5) is 14.6. The average Bonchev–Trinajstić information content (AvgIpc) is 2.98. The van der Waals surface area contributed by atoms with Crippen molar-refractivity contribution in [2.24, 2.45) is 0 Å². The molecule has 24 heavy (non-hydrogen) atoms. The summed E-state index contributed by atoms with van der Waals surface area (Å²) >= 11 is 0. The first-order chi connectivity index (χ1) is 11.4. The normalized spacial score (nSPS) is 15.7. The zero-order chi connectivity index (χ0) is 17.3. The monoisotopic (exact) mass is 323 g/mol. The molecule has 0 aromatic heterocycles. The van der Waals surface area contributed by atoms with E-state index in [0.29, 0.717) is 24.2 Å². The minimum Gasteiger partial charge on any atom is -0.508 e. The molecule has 0 fully saturated rings. The highest BCUT2D eigenvalue weighted by molar-refractivity contribution is 5.95. The Morgan fingerprint density at radius 1 is 1.25 bits per heavy atom. The van der Waals surface area contributed by atoms with E-state index >= 15 is 0 Å². The molecule has 4 nitrogen and oxygen atoms in total. The van der Waals surface area contributed by atoms with Gasteiger partial charge in [0.2, 0.25) is 0 Å². The van der Waals surface area contributed by atoms with Gasteiger partial charge in [-0.15, -0.1) is 6.58 Å². The van der Waals surface area contributed by atoms with E-state index in [1.807, 2.05) is 24.3 Å². The second kappa shape index (κ2) is 6.13. The number of carbonyl (C=O) groups is 1. The number of hydrogen-bond donors (Lipinski definition) is 2. The van der Waals surface area contributed by atoms with E-state index in [9.17, 15) is 15.0 Å². The molecular weight excluding hydrogens is 302 g/mol. The predicted octanol–water partition coefficient (Wildman–Crippen LogP) is 3.33. The lowest BCUT2D eigenvalue weighted by molar-refractivity contribution is 0.0578. The third-order valence-corrected chi connectivity index (χ3v) is 4.49. The Morgan fingerprint density at radius 2 is 1.88 bits per heavy atom. The number of phenols is 1. The summed E-state index contributed by atoms with van der Waals surface area (Å²) < 4.78 is 0. The van der Waals surface area contributed by atoms with Gasteiger partial charge >= 0.3 is 0 Å². The third-order valence-electron chi connectivity index (χ3n) is 4.49. The van der Waals surface area contributed by atoms with Gasteiger partial charge in [0, 0.05) is 24.2 Å². The second-order valence-corrected chi connectivity index (χ2v) is 6.43. The van der Waals surface area contributed by atoms with Crippen molar-refractivity contribution in [2.45, 2.75) is 32.0 Å². The first-order valence-corrected chi connectivity index (χ1v) is 7.95. The van der Waals surface area contributed by atoms with Gasteiger partial charge in [0.05, 0.1) is 5.60 Å². The fraction of sp³-hybridized carbons (Fsp3) is 0.250. The number of fused-ring (bicyclic) bond motifs is 1. The van der Waals surface area contributed by atoms with Gasteiger partial charge in [-0.05, 0) is 42.7 Å². The third kappa shape index (κ3) is 2.93. The van der Waals surface area contributed by atoms with Gasteiger partial charge in [-0.1, -0.05) is 30.3 Å². The van der Waals surface area contributed by atoms with E-state index in [0.717, 1.165) is 11.1 Å². The molecule has 1 unspecified atom stereocenters. The summed E-state index contributed by atoms with van der Waals surface area (Å²) in [6.45, 7) is 6.38. The Balaban J connectivity index is 1.88. The molecule has 2 aromatic carbocycles. The Kier molecular flexibility index (Phi) is 4.16. The molecule has 0 saturated heterocycles. The molecule has 4 heteroatoms. The molecule has 1 aliphatic rings. The molecule has 1 aliphatic heterocycles. The maximum absolute atomic E-state index is 12.8. The molecule has 2 N–H and O–H groups in total. The molecule has 0 spiro atoms. The van der Waals surface area contributed by atoms with Crippen LogP contribution in [-0.2, 0) is 18.7 Å². The Labute approximate surface area is 141 Å². The first-order valence-electron chi connectivity index (χ1n) is 7.95. The lowest BCUT2D eigenvalue weighted by Gasteiger charge is -2.24. The van der Waals surface area contributed by atoms with Crippen LogP contribution in [0.2, 0.25) is 0 Å². The van der Waals surface area contributed by atoms with E-state index < -0.39 is 5.60 Å². The van der Waals surface area contributed by atoms with Crippen molar-refractivity contribution in [3.63, 3.8) is 0 Å². The van der Waals surface area contributed by atoms with Crippen LogP contribution in [0, 0.1) is 0 Å². The molecule has 0 bridgehead atoms. The summed E-state index contributed by atoms with van der Waals surface area (Å²) in [5.41, 5.74) is 1.84. The number of carbonyl (C=O) groups excluding carboxylic acids is 1. The standard InChI is InChI=1S/C20H21NO3/c1-3-10-20(2,24)17-11-14(8-9-18(17)22)19(23)21-12-15-6-4-5-7-16(15)13-21/h3-9,11,22,24H,1,10,12-13H2,2H3. The van der Waals surface area contributed by atoms with Crippen LogP contribution in [0.3, 0.4) is 0 Å². The summed E-state index contributed by atoms with van der Waals surface area (Å²) in [5, 5.41) is 20.6. The summed E-state index contributed by atoms with van der Waals surface area (Å²) in [5.74, 6) is -0.134. The molecule has 1 atom stereocenters. The topological polar surface area (TPSA) is 60.8 Å². The summed E-state index contributed by atoms with van der Waals surface area (Å²) in [6.07, 6.45) is 1.87. The van der Waals surface area contributed by atoms with E-state index in [2.05, 4.69) is 6.58 Å². The highest BCUT2D eigenvalue weighted by Gasteiger charge is 2.28. The second-order valence-electron chi connectivity index (χ2n) is 6.43. The smallest absolute Gasteiger partial charge is 0.254 e. The highest BCUT2D eigenvalue weighted by Crippen LogP contribution is 2.33. The van der Waals surface area contributed by atoms with Crippen LogP contribution >= 0.6 is 0 Å². The lowest BCUT2D eigenvalue weighted by Crippen LogP contribution is -2.26. The van der Waals surface area contributed by atoms with Crippen LogP contribution < -0.4 is 0 Å². The lowest BCUT2D eigenvalue weighted by atomic mass is 9.90. The number of rotatable bonds is 4. The number of benzene rings is 2. The van der Waals surface area contributed by atoms with Gasteiger partial charge in [0.15, 0.2) is 0 Å². The zero-order valence-corrected chi connectivity index (χ0v) is 13.7. The molecule has 1 heterocycles. The van der Waals surface area contributed by atoms with Crippen molar-refractivity contribution in [2.75, 3.05) is 0 Å². The molecule has 2 aromatic rings. The van der Waals surface area contributed by atoms with E-state index in [4.69, 9.17) is 0 Å². The number of phenolic OH excluding ortho intramolecular Hbond substituents is 1. The Hall–Kier alpha value is -2.59. The zero-order valence-electron chi connectivity index (χ0n) is 13.7. The van der Waals surface area contributed by atoms with Gasteiger partial charge in [-0.2, -0.15) is 0 Å². The quantitative estimate of drug-likeness (QED) is 0.849. The van der Waals surface area contributed by atoms with Crippen LogP contribution in [0.25, 0.3) is 0 Å². The fourth-order valence-corrected chi connectivity index (χ4v) is 3.15. The predicted molar refractivity (Wildman–Crippen MR) is 92.5 cm³/mol. The van der Waals surface area contributed by atoms with Crippen LogP contribution in [0.5, 0.6) is 5.75 Å². The van der Waals surface area contributed by atoms with Crippen molar-refractivity contribution in [3.05, 3.63) is 77.4 Å². The largest absolute Gasteiger partial charge is 0.508 e. The van der Waals surface area contributed by atoms with Crippen molar-refractivity contribution >= 4 is 5.91 Å². The van der Waals surface area contributed by atoms with Crippen molar-refractivity contribution in [1.82, 2.24) is 4.90 Å². The summed E-state index contributed by atoms with van der Waals surface area (Å²) in [6, 6.07) is 12.6.